The maximum atomic E-state index is 13.5. The summed E-state index contributed by atoms with van der Waals surface area (Å²) in [7, 11) is 0. The summed E-state index contributed by atoms with van der Waals surface area (Å²) in [5.74, 6) is -0.955. The van der Waals surface area contributed by atoms with Gasteiger partial charge in [-0.15, -0.1) is 0 Å². The molecule has 0 aliphatic carbocycles. The van der Waals surface area contributed by atoms with Crippen molar-refractivity contribution in [2.75, 3.05) is 23.7 Å². The smallest absolute Gasteiger partial charge is 0.324 e. The molecule has 0 spiro atoms. The summed E-state index contributed by atoms with van der Waals surface area (Å²) in [5, 5.41) is 10.7. The van der Waals surface area contributed by atoms with E-state index >= 15 is 0 Å². The Morgan fingerprint density at radius 2 is 1.61 bits per heavy atom. The van der Waals surface area contributed by atoms with Gasteiger partial charge < -0.3 is 10.2 Å². The minimum absolute atomic E-state index is 0.0565. The molecule has 2 heterocycles. The summed E-state index contributed by atoms with van der Waals surface area (Å²) < 4.78 is 28.5. The van der Waals surface area contributed by atoms with Gasteiger partial charge >= 0.3 is 6.03 Å². The summed E-state index contributed by atoms with van der Waals surface area (Å²) in [4.78, 5) is 27.6. The van der Waals surface area contributed by atoms with Gasteiger partial charge in [-0.3, -0.25) is 10.1 Å². The molecule has 0 radical (unpaired) electrons. The first-order valence-corrected chi connectivity index (χ1v) is 15.0. The lowest BCUT2D eigenvalue weighted by molar-refractivity contribution is -0.131. The second kappa shape index (κ2) is 13.0. The number of anilines is 2. The molecule has 7 nitrogen and oxygen atoms in total. The van der Waals surface area contributed by atoms with Gasteiger partial charge in [-0.05, 0) is 79.6 Å². The molecule has 1 aliphatic heterocycles. The van der Waals surface area contributed by atoms with Crippen molar-refractivity contribution in [2.45, 2.75) is 58.8 Å². The fourth-order valence-corrected chi connectivity index (χ4v) is 5.43. The first-order valence-electron chi connectivity index (χ1n) is 15.0. The van der Waals surface area contributed by atoms with Crippen LogP contribution in [-0.4, -0.2) is 39.7 Å². The Bertz CT molecular complexity index is 1630. The molecule has 1 aliphatic rings. The number of carbonyl (C=O) groups excluding carboxylic acids is 2. The number of nitrogens with one attached hydrogen (secondary N) is 2. The number of likely N-dealkylation sites (tertiary alicyclic amines) is 1. The molecule has 230 valence electrons. The highest BCUT2D eigenvalue weighted by Gasteiger charge is 2.24. The first-order chi connectivity index (χ1) is 20.9. The Kier molecular flexibility index (Phi) is 9.13. The SMILES string of the molecule is Cc1ccc(-n2nc(C(C)(C)C)cc2NC(=O)Nc2cccc(CC3CCN(C(=O)Cc4ccc(F)c(F)c4)CC3)c2)cc1. The van der Waals surface area contributed by atoms with Crippen LogP contribution in [0.3, 0.4) is 0 Å². The topological polar surface area (TPSA) is 79.3 Å². The Hall–Kier alpha value is -4.53. The molecule has 44 heavy (non-hydrogen) atoms. The van der Waals surface area contributed by atoms with Gasteiger partial charge in [0.25, 0.3) is 0 Å². The summed E-state index contributed by atoms with van der Waals surface area (Å²) >= 11 is 0. The molecular weight excluding hydrogens is 560 g/mol. The number of aryl methyl sites for hydroxylation is 1. The molecule has 1 aromatic heterocycles. The fourth-order valence-electron chi connectivity index (χ4n) is 5.43. The Labute approximate surface area is 257 Å². The minimum atomic E-state index is -0.938. The number of carbonyl (C=O) groups is 2. The number of amides is 3. The standard InChI is InChI=1S/C35H39F2N5O2/c1-23-8-11-28(12-9-23)42-32(22-31(40-42)35(2,3)4)39-34(44)38-27-7-5-6-25(19-27)18-24-14-16-41(17-15-24)33(43)21-26-10-13-29(36)30(37)20-26/h5-13,19-20,22,24H,14-18,21H2,1-4H3,(H2,38,39,44). The normalized spacial score (nSPS) is 14.0. The van der Waals surface area contributed by atoms with Crippen LogP contribution in [0.4, 0.5) is 25.1 Å². The number of rotatable bonds is 7. The number of halogens is 2. The van der Waals surface area contributed by atoms with Crippen molar-refractivity contribution in [2.24, 2.45) is 5.92 Å². The average Bonchev–Trinajstić information content (AvgIpc) is 3.40. The van der Waals surface area contributed by atoms with Gasteiger partial charge in [0.2, 0.25) is 5.91 Å². The molecule has 9 heteroatoms. The zero-order valence-electron chi connectivity index (χ0n) is 25.7. The van der Waals surface area contributed by atoms with Crippen LogP contribution in [0.2, 0.25) is 0 Å². The van der Waals surface area contributed by atoms with Gasteiger partial charge in [-0.1, -0.05) is 56.7 Å². The lowest BCUT2D eigenvalue weighted by atomic mass is 9.90. The third-order valence-corrected chi connectivity index (χ3v) is 8.01. The van der Waals surface area contributed by atoms with E-state index in [0.29, 0.717) is 36.1 Å². The monoisotopic (exact) mass is 599 g/mol. The maximum absolute atomic E-state index is 13.5. The molecule has 0 unspecified atom stereocenters. The number of hydrogen-bond donors (Lipinski definition) is 2. The van der Waals surface area contributed by atoms with Gasteiger partial charge in [-0.2, -0.15) is 5.10 Å². The quantitative estimate of drug-likeness (QED) is 0.232. The predicted octanol–water partition coefficient (Wildman–Crippen LogP) is 7.42. The van der Waals surface area contributed by atoms with Crippen molar-refractivity contribution in [1.82, 2.24) is 14.7 Å². The third-order valence-electron chi connectivity index (χ3n) is 8.01. The van der Waals surface area contributed by atoms with Gasteiger partial charge in [0.15, 0.2) is 11.6 Å². The van der Waals surface area contributed by atoms with Gasteiger partial charge in [0.1, 0.15) is 5.82 Å². The molecule has 1 fully saturated rings. The molecule has 3 aromatic carbocycles. The molecule has 0 saturated carbocycles. The van der Waals surface area contributed by atoms with E-state index in [1.807, 2.05) is 61.5 Å². The van der Waals surface area contributed by atoms with E-state index in [1.54, 1.807) is 9.58 Å². The third kappa shape index (κ3) is 7.70. The van der Waals surface area contributed by atoms with Crippen LogP contribution in [0.15, 0.2) is 72.8 Å². The van der Waals surface area contributed by atoms with E-state index in [4.69, 9.17) is 5.10 Å². The Morgan fingerprint density at radius 1 is 0.886 bits per heavy atom. The first kappa shape index (κ1) is 30.9. The predicted molar refractivity (Wildman–Crippen MR) is 169 cm³/mol. The zero-order chi connectivity index (χ0) is 31.4. The number of nitrogens with zero attached hydrogens (tertiary/aromatic N) is 3. The number of aromatic nitrogens is 2. The largest absolute Gasteiger partial charge is 0.342 e. The molecule has 2 N–H and O–H groups in total. The maximum Gasteiger partial charge on any atom is 0.324 e. The summed E-state index contributed by atoms with van der Waals surface area (Å²) in [5.41, 5.74) is 4.95. The van der Waals surface area contributed by atoms with Crippen LogP contribution in [0.25, 0.3) is 5.69 Å². The average molecular weight is 600 g/mol. The lowest BCUT2D eigenvalue weighted by Gasteiger charge is -2.32. The summed E-state index contributed by atoms with van der Waals surface area (Å²) in [6, 6.07) is 21.0. The second-order valence-electron chi connectivity index (χ2n) is 12.6. The summed E-state index contributed by atoms with van der Waals surface area (Å²) in [6.07, 6.45) is 2.58. The molecule has 0 bridgehead atoms. The lowest BCUT2D eigenvalue weighted by Crippen LogP contribution is -2.39. The van der Waals surface area contributed by atoms with Gasteiger partial charge in [0.05, 0.1) is 17.8 Å². The van der Waals surface area contributed by atoms with Crippen molar-refractivity contribution in [1.29, 1.82) is 0 Å². The van der Waals surface area contributed by atoms with Crippen molar-refractivity contribution in [3.63, 3.8) is 0 Å². The van der Waals surface area contributed by atoms with E-state index < -0.39 is 11.6 Å². The Balaban J connectivity index is 1.17. The second-order valence-corrected chi connectivity index (χ2v) is 12.6. The molecule has 3 amide bonds. The Morgan fingerprint density at radius 3 is 2.30 bits per heavy atom. The molecule has 0 atom stereocenters. The van der Waals surface area contributed by atoms with Gasteiger partial charge in [0, 0.05) is 30.3 Å². The molecule has 4 aromatic rings. The minimum Gasteiger partial charge on any atom is -0.342 e. The summed E-state index contributed by atoms with van der Waals surface area (Å²) in [6.45, 7) is 9.53. The van der Waals surface area contributed by atoms with Gasteiger partial charge in [-0.25, -0.2) is 18.3 Å². The van der Waals surface area contributed by atoms with Crippen LogP contribution in [0.1, 0.15) is 56.0 Å². The fraction of sp³-hybridized carbons (Fsp3) is 0.343. The number of urea groups is 1. The zero-order valence-corrected chi connectivity index (χ0v) is 25.7. The number of benzene rings is 3. The van der Waals surface area contributed by atoms with Crippen LogP contribution in [0, 0.1) is 24.5 Å². The van der Waals surface area contributed by atoms with Crippen molar-refractivity contribution >= 4 is 23.4 Å². The van der Waals surface area contributed by atoms with Crippen LogP contribution in [0.5, 0.6) is 0 Å². The van der Waals surface area contributed by atoms with Crippen molar-refractivity contribution in [3.8, 4) is 5.69 Å². The molecule has 5 rings (SSSR count). The number of piperidine rings is 1. The molecule has 1 saturated heterocycles. The highest BCUT2D eigenvalue weighted by Crippen LogP contribution is 2.27. The van der Waals surface area contributed by atoms with Crippen molar-refractivity contribution in [3.05, 3.63) is 107 Å². The van der Waals surface area contributed by atoms with E-state index in [2.05, 4.69) is 31.4 Å². The highest BCUT2D eigenvalue weighted by atomic mass is 19.2. The van der Waals surface area contributed by atoms with E-state index in [-0.39, 0.29) is 23.8 Å². The van der Waals surface area contributed by atoms with E-state index in [9.17, 15) is 18.4 Å². The van der Waals surface area contributed by atoms with Crippen LogP contribution >= 0.6 is 0 Å². The van der Waals surface area contributed by atoms with Crippen molar-refractivity contribution < 1.29 is 18.4 Å². The van der Waals surface area contributed by atoms with Crippen LogP contribution < -0.4 is 10.6 Å². The van der Waals surface area contributed by atoms with E-state index in [0.717, 1.165) is 53.9 Å². The molecular formula is C35H39F2N5O2. The van der Waals surface area contributed by atoms with Crippen LogP contribution in [-0.2, 0) is 23.1 Å². The highest BCUT2D eigenvalue weighted by molar-refractivity contribution is 5.99. The number of hydrogen-bond acceptors (Lipinski definition) is 3. The van der Waals surface area contributed by atoms with E-state index in [1.165, 1.54) is 6.07 Å².